The molecule has 1 atom stereocenters. The van der Waals surface area contributed by atoms with E-state index in [1.54, 1.807) is 0 Å². The summed E-state index contributed by atoms with van der Waals surface area (Å²) in [5, 5.41) is 3.26. The van der Waals surface area contributed by atoms with Crippen LogP contribution in [0.5, 0.6) is 5.75 Å². The second kappa shape index (κ2) is 7.22. The first-order valence-electron chi connectivity index (χ1n) is 5.64. The fourth-order valence-corrected chi connectivity index (χ4v) is 1.36. The van der Waals surface area contributed by atoms with E-state index in [4.69, 9.17) is 16.2 Å². The van der Waals surface area contributed by atoms with E-state index in [1.165, 1.54) is 5.56 Å². The van der Waals surface area contributed by atoms with Crippen LogP contribution in [0.2, 0.25) is 0 Å². The van der Waals surface area contributed by atoms with Crippen LogP contribution in [-0.2, 0) is 6.54 Å². The van der Waals surface area contributed by atoms with Crippen molar-refractivity contribution in [1.29, 1.82) is 0 Å². The molecule has 1 aromatic carbocycles. The highest BCUT2D eigenvalue weighted by molar-refractivity contribution is 5.27. The minimum absolute atomic E-state index is 0.0303. The lowest BCUT2D eigenvalue weighted by Gasteiger charge is -2.10. The fraction of sp³-hybridized carbons (Fsp3) is 0.500. The lowest BCUT2D eigenvalue weighted by molar-refractivity contribution is 0.340. The zero-order valence-electron chi connectivity index (χ0n) is 9.78. The zero-order chi connectivity index (χ0) is 11.8. The summed E-state index contributed by atoms with van der Waals surface area (Å²) >= 11 is 0. The third-order valence-corrected chi connectivity index (χ3v) is 2.27. The Kier molecular flexibility index (Phi) is 5.85. The van der Waals surface area contributed by atoms with Crippen LogP contribution >= 0.6 is 0 Å². The third-order valence-electron chi connectivity index (χ3n) is 2.27. The van der Waals surface area contributed by atoms with Gasteiger partial charge in [0.15, 0.2) is 0 Å². The Labute approximate surface area is 97.0 Å². The largest absolute Gasteiger partial charge is 0.494 e. The normalized spacial score (nSPS) is 12.4. The van der Waals surface area contributed by atoms with Gasteiger partial charge in [0.05, 0.1) is 6.61 Å². The molecule has 0 saturated carbocycles. The van der Waals surface area contributed by atoms with Gasteiger partial charge >= 0.3 is 0 Å². The number of nitrogens with two attached hydrogens (primary N) is 2. The van der Waals surface area contributed by atoms with Crippen molar-refractivity contribution in [2.45, 2.75) is 19.5 Å². The van der Waals surface area contributed by atoms with E-state index in [0.717, 1.165) is 18.8 Å². The summed E-state index contributed by atoms with van der Waals surface area (Å²) in [5.74, 6) is 0.907. The minimum atomic E-state index is 0.0303. The molecule has 0 aliphatic carbocycles. The smallest absolute Gasteiger partial charge is 0.119 e. The van der Waals surface area contributed by atoms with Gasteiger partial charge in [-0.25, -0.2) is 0 Å². The molecule has 1 rings (SSSR count). The molecule has 0 radical (unpaired) electrons. The first kappa shape index (κ1) is 13.0. The summed E-state index contributed by atoms with van der Waals surface area (Å²) in [4.78, 5) is 0. The van der Waals surface area contributed by atoms with E-state index >= 15 is 0 Å². The fourth-order valence-electron chi connectivity index (χ4n) is 1.36. The molecule has 0 spiro atoms. The molecule has 0 aromatic heterocycles. The summed E-state index contributed by atoms with van der Waals surface area (Å²) in [7, 11) is 0. The SMILES string of the molecule is CCOc1ccc(CNCC(N)CN)cc1. The second-order valence-corrected chi connectivity index (χ2v) is 3.70. The predicted octanol–water partition coefficient (Wildman–Crippen LogP) is 0.461. The van der Waals surface area contributed by atoms with E-state index in [1.807, 2.05) is 31.2 Å². The number of hydrogen-bond donors (Lipinski definition) is 3. The maximum absolute atomic E-state index is 5.69. The first-order valence-corrected chi connectivity index (χ1v) is 5.64. The molecule has 4 heteroatoms. The van der Waals surface area contributed by atoms with Gasteiger partial charge < -0.3 is 21.5 Å². The van der Waals surface area contributed by atoms with E-state index in [2.05, 4.69) is 5.32 Å². The van der Waals surface area contributed by atoms with Crippen molar-refractivity contribution in [1.82, 2.24) is 5.32 Å². The standard InChI is InChI=1S/C12H21N3O/c1-2-16-12-5-3-10(4-6-12)8-15-9-11(14)7-13/h3-6,11,15H,2,7-9,13-14H2,1H3. The van der Waals surface area contributed by atoms with Gasteiger partial charge in [0.1, 0.15) is 5.75 Å². The van der Waals surface area contributed by atoms with Crippen LogP contribution in [0.25, 0.3) is 0 Å². The Hall–Kier alpha value is -1.10. The average molecular weight is 223 g/mol. The van der Waals surface area contributed by atoms with Crippen molar-refractivity contribution in [2.24, 2.45) is 11.5 Å². The average Bonchev–Trinajstić information content (AvgIpc) is 2.31. The van der Waals surface area contributed by atoms with Gasteiger partial charge in [-0.1, -0.05) is 12.1 Å². The molecule has 0 aliphatic rings. The van der Waals surface area contributed by atoms with Gasteiger partial charge in [0.2, 0.25) is 0 Å². The summed E-state index contributed by atoms with van der Waals surface area (Å²) in [6.45, 7) is 4.73. The maximum atomic E-state index is 5.69. The molecule has 1 unspecified atom stereocenters. The third kappa shape index (κ3) is 4.61. The lowest BCUT2D eigenvalue weighted by atomic mass is 10.2. The molecule has 1 aromatic rings. The van der Waals surface area contributed by atoms with Gasteiger partial charge in [-0.05, 0) is 24.6 Å². The molecule has 0 saturated heterocycles. The first-order chi connectivity index (χ1) is 7.76. The van der Waals surface area contributed by atoms with Gasteiger partial charge in [-0.15, -0.1) is 0 Å². The van der Waals surface area contributed by atoms with E-state index in [0.29, 0.717) is 13.2 Å². The van der Waals surface area contributed by atoms with Crippen LogP contribution < -0.4 is 21.5 Å². The highest BCUT2D eigenvalue weighted by Gasteiger charge is 1.99. The van der Waals surface area contributed by atoms with Gasteiger partial charge in [-0.2, -0.15) is 0 Å². The molecule has 90 valence electrons. The monoisotopic (exact) mass is 223 g/mol. The Bertz CT molecular complexity index is 287. The number of ether oxygens (including phenoxy) is 1. The highest BCUT2D eigenvalue weighted by atomic mass is 16.5. The maximum Gasteiger partial charge on any atom is 0.119 e. The molecule has 4 nitrogen and oxygen atoms in total. The zero-order valence-corrected chi connectivity index (χ0v) is 9.78. The molecular formula is C12H21N3O. The van der Waals surface area contributed by atoms with Crippen molar-refractivity contribution in [2.75, 3.05) is 19.7 Å². The molecule has 0 bridgehead atoms. The number of rotatable bonds is 7. The van der Waals surface area contributed by atoms with E-state index in [-0.39, 0.29) is 6.04 Å². The predicted molar refractivity (Wildman–Crippen MR) is 66.3 cm³/mol. The van der Waals surface area contributed by atoms with Crippen LogP contribution in [0, 0.1) is 0 Å². The van der Waals surface area contributed by atoms with Crippen LogP contribution in [0.4, 0.5) is 0 Å². The molecule has 0 amide bonds. The Morgan fingerprint density at radius 2 is 2.00 bits per heavy atom. The van der Waals surface area contributed by atoms with Crippen LogP contribution in [-0.4, -0.2) is 25.7 Å². The van der Waals surface area contributed by atoms with Crippen LogP contribution in [0.15, 0.2) is 24.3 Å². The molecule has 16 heavy (non-hydrogen) atoms. The number of nitrogens with one attached hydrogen (secondary N) is 1. The van der Waals surface area contributed by atoms with Crippen molar-refractivity contribution in [3.63, 3.8) is 0 Å². The van der Waals surface area contributed by atoms with Crippen molar-refractivity contribution >= 4 is 0 Å². The van der Waals surface area contributed by atoms with Gasteiger partial charge in [0, 0.05) is 25.7 Å². The van der Waals surface area contributed by atoms with Crippen LogP contribution in [0.1, 0.15) is 12.5 Å². The summed E-state index contributed by atoms with van der Waals surface area (Å²) in [5.41, 5.74) is 12.3. The van der Waals surface area contributed by atoms with Crippen molar-refractivity contribution in [3.8, 4) is 5.75 Å². The number of hydrogen-bond acceptors (Lipinski definition) is 4. The summed E-state index contributed by atoms with van der Waals surface area (Å²) in [6, 6.07) is 8.08. The van der Waals surface area contributed by atoms with Crippen molar-refractivity contribution in [3.05, 3.63) is 29.8 Å². The quantitative estimate of drug-likeness (QED) is 0.628. The molecule has 0 heterocycles. The summed E-state index contributed by atoms with van der Waals surface area (Å²) in [6.07, 6.45) is 0. The Balaban J connectivity index is 2.31. The Morgan fingerprint density at radius 1 is 1.31 bits per heavy atom. The minimum Gasteiger partial charge on any atom is -0.494 e. The van der Waals surface area contributed by atoms with E-state index in [9.17, 15) is 0 Å². The van der Waals surface area contributed by atoms with Gasteiger partial charge in [-0.3, -0.25) is 0 Å². The Morgan fingerprint density at radius 3 is 2.56 bits per heavy atom. The molecule has 0 fully saturated rings. The highest BCUT2D eigenvalue weighted by Crippen LogP contribution is 2.11. The number of benzene rings is 1. The van der Waals surface area contributed by atoms with E-state index < -0.39 is 0 Å². The summed E-state index contributed by atoms with van der Waals surface area (Å²) < 4.78 is 5.36. The molecular weight excluding hydrogens is 202 g/mol. The molecule has 5 N–H and O–H groups in total. The molecule has 0 aliphatic heterocycles. The van der Waals surface area contributed by atoms with Crippen molar-refractivity contribution < 1.29 is 4.74 Å². The van der Waals surface area contributed by atoms with Crippen LogP contribution in [0.3, 0.4) is 0 Å². The topological polar surface area (TPSA) is 73.3 Å². The second-order valence-electron chi connectivity index (χ2n) is 3.70. The lowest BCUT2D eigenvalue weighted by Crippen LogP contribution is -2.39. The van der Waals surface area contributed by atoms with Gasteiger partial charge in [0.25, 0.3) is 0 Å².